The van der Waals surface area contributed by atoms with Gasteiger partial charge in [0.2, 0.25) is 0 Å². The second kappa shape index (κ2) is 8.16. The Labute approximate surface area is 152 Å². The summed E-state index contributed by atoms with van der Waals surface area (Å²) in [6.45, 7) is 5.23. The number of nitrogens with zero attached hydrogens (tertiary/aromatic N) is 3. The number of rotatable bonds is 5. The van der Waals surface area contributed by atoms with Crippen LogP contribution in [-0.4, -0.2) is 40.2 Å². The molecule has 0 aliphatic carbocycles. The molecule has 3 rings (SSSR count). The van der Waals surface area contributed by atoms with Gasteiger partial charge in [-0.25, -0.2) is 0 Å². The van der Waals surface area contributed by atoms with Gasteiger partial charge in [0.1, 0.15) is 5.75 Å². The molecule has 0 fully saturated rings. The highest BCUT2D eigenvalue weighted by Crippen LogP contribution is 2.22. The molecule has 0 bridgehead atoms. The molecule has 5 nitrogen and oxygen atoms in total. The van der Waals surface area contributed by atoms with E-state index in [0.29, 0.717) is 18.7 Å². The normalized spacial score (nSPS) is 13.9. The van der Waals surface area contributed by atoms with E-state index in [9.17, 15) is 4.79 Å². The number of carbonyl (C=O) groups excluding carboxylic acids is 1. The van der Waals surface area contributed by atoms with Crippen LogP contribution >= 0.6 is 11.8 Å². The van der Waals surface area contributed by atoms with Crippen LogP contribution in [0.3, 0.4) is 0 Å². The molecule has 1 aromatic carbocycles. The van der Waals surface area contributed by atoms with E-state index in [-0.39, 0.29) is 12.0 Å². The van der Waals surface area contributed by atoms with Gasteiger partial charge in [0.05, 0.1) is 12.6 Å². The Bertz CT molecular complexity index is 745. The smallest absolute Gasteiger partial charge is 0.259 e. The number of benzene rings is 1. The zero-order valence-electron chi connectivity index (χ0n) is 14.4. The van der Waals surface area contributed by atoms with Crippen LogP contribution in [0.5, 0.6) is 5.75 Å². The van der Waals surface area contributed by atoms with Crippen molar-refractivity contribution in [2.45, 2.75) is 25.7 Å². The molecule has 0 radical (unpaired) electrons. The van der Waals surface area contributed by atoms with Crippen molar-refractivity contribution in [1.82, 2.24) is 9.88 Å². The van der Waals surface area contributed by atoms with Crippen molar-refractivity contribution in [1.29, 1.82) is 0 Å². The number of amides is 1. The molecule has 130 valence electrons. The Morgan fingerprint density at radius 2 is 2.08 bits per heavy atom. The van der Waals surface area contributed by atoms with Crippen molar-refractivity contribution < 1.29 is 9.53 Å². The minimum atomic E-state index is -0.0222. The molecule has 25 heavy (non-hydrogen) atoms. The number of pyridine rings is 1. The molecule has 0 atom stereocenters. The predicted octanol–water partition coefficient (Wildman–Crippen LogP) is 3.61. The third-order valence-electron chi connectivity index (χ3n) is 3.61. The van der Waals surface area contributed by atoms with E-state index < -0.39 is 0 Å². The van der Waals surface area contributed by atoms with Crippen molar-refractivity contribution in [3.8, 4) is 5.75 Å². The van der Waals surface area contributed by atoms with E-state index >= 15 is 0 Å². The lowest BCUT2D eigenvalue weighted by atomic mass is 10.2. The van der Waals surface area contributed by atoms with Gasteiger partial charge in [-0.2, -0.15) is 0 Å². The minimum absolute atomic E-state index is 0.0222. The third kappa shape index (κ3) is 4.60. The van der Waals surface area contributed by atoms with Gasteiger partial charge >= 0.3 is 0 Å². The number of aromatic nitrogens is 1. The van der Waals surface area contributed by atoms with Crippen molar-refractivity contribution in [3.63, 3.8) is 0 Å². The van der Waals surface area contributed by atoms with Gasteiger partial charge in [0.15, 0.2) is 5.17 Å². The summed E-state index contributed by atoms with van der Waals surface area (Å²) < 4.78 is 5.62. The Kier molecular flexibility index (Phi) is 5.71. The first-order valence-corrected chi connectivity index (χ1v) is 9.27. The fraction of sp³-hybridized carbons (Fsp3) is 0.316. The lowest BCUT2D eigenvalue weighted by Gasteiger charge is -2.18. The Morgan fingerprint density at radius 1 is 1.28 bits per heavy atom. The van der Waals surface area contributed by atoms with Gasteiger partial charge in [-0.3, -0.25) is 19.7 Å². The van der Waals surface area contributed by atoms with E-state index in [2.05, 4.69) is 9.98 Å². The molecule has 0 spiro atoms. The standard InChI is InChI=1S/C19H21N3O2S/c1-14(2)24-17-7-5-16(6-8-17)18(23)22-11-10-21-19(22)25-13-15-4-3-9-20-12-15/h3-9,12,14H,10-11,13H2,1-2H3. The lowest BCUT2D eigenvalue weighted by Crippen LogP contribution is -2.32. The molecule has 0 saturated heterocycles. The molecular weight excluding hydrogens is 334 g/mol. The van der Waals surface area contributed by atoms with Crippen molar-refractivity contribution in [2.24, 2.45) is 4.99 Å². The summed E-state index contributed by atoms with van der Waals surface area (Å²) in [5, 5.41) is 0.774. The average molecular weight is 355 g/mol. The average Bonchev–Trinajstić information content (AvgIpc) is 3.09. The fourth-order valence-corrected chi connectivity index (χ4v) is 3.45. The summed E-state index contributed by atoms with van der Waals surface area (Å²) in [4.78, 5) is 23.1. The zero-order chi connectivity index (χ0) is 17.6. The summed E-state index contributed by atoms with van der Waals surface area (Å²) >= 11 is 1.57. The van der Waals surface area contributed by atoms with Crippen LogP contribution in [-0.2, 0) is 5.75 Å². The number of carbonyl (C=O) groups is 1. The van der Waals surface area contributed by atoms with E-state index in [4.69, 9.17) is 4.74 Å². The van der Waals surface area contributed by atoms with E-state index in [1.165, 1.54) is 0 Å². The molecule has 2 aromatic rings. The number of aliphatic imine (C=N–C) groups is 1. The second-order valence-corrected chi connectivity index (χ2v) is 6.90. The summed E-state index contributed by atoms with van der Waals surface area (Å²) in [6.07, 6.45) is 3.70. The third-order valence-corrected chi connectivity index (χ3v) is 4.70. The Balaban J connectivity index is 1.64. The maximum absolute atomic E-state index is 12.8. The summed E-state index contributed by atoms with van der Waals surface area (Å²) in [5.74, 6) is 1.50. The maximum Gasteiger partial charge on any atom is 0.259 e. The first-order chi connectivity index (χ1) is 12.1. The van der Waals surface area contributed by atoms with Crippen LogP contribution in [0.25, 0.3) is 0 Å². The van der Waals surface area contributed by atoms with Gasteiger partial charge < -0.3 is 4.74 Å². The Morgan fingerprint density at radius 3 is 2.76 bits per heavy atom. The van der Waals surface area contributed by atoms with Crippen LogP contribution in [0.4, 0.5) is 0 Å². The van der Waals surface area contributed by atoms with E-state index in [1.54, 1.807) is 22.9 Å². The highest BCUT2D eigenvalue weighted by atomic mass is 32.2. The van der Waals surface area contributed by atoms with E-state index in [0.717, 1.165) is 22.2 Å². The van der Waals surface area contributed by atoms with Gasteiger partial charge in [-0.15, -0.1) is 0 Å². The van der Waals surface area contributed by atoms with Gasteiger partial charge in [0, 0.05) is 30.3 Å². The molecule has 1 aliphatic rings. The highest BCUT2D eigenvalue weighted by molar-refractivity contribution is 8.13. The number of hydrogen-bond donors (Lipinski definition) is 0. The summed E-state index contributed by atoms with van der Waals surface area (Å²) in [5.41, 5.74) is 1.76. The van der Waals surface area contributed by atoms with Crippen LogP contribution in [0.2, 0.25) is 0 Å². The fourth-order valence-electron chi connectivity index (χ4n) is 2.47. The zero-order valence-corrected chi connectivity index (χ0v) is 15.2. The van der Waals surface area contributed by atoms with Crippen LogP contribution in [0.15, 0.2) is 53.8 Å². The second-order valence-electron chi connectivity index (χ2n) is 5.96. The molecule has 1 aliphatic heterocycles. The number of thioether (sulfide) groups is 1. The molecule has 1 aromatic heterocycles. The van der Waals surface area contributed by atoms with Crippen LogP contribution < -0.4 is 4.74 Å². The SMILES string of the molecule is CC(C)Oc1ccc(C(=O)N2CCN=C2SCc2cccnc2)cc1. The quantitative estimate of drug-likeness (QED) is 0.822. The van der Waals surface area contributed by atoms with Crippen molar-refractivity contribution in [3.05, 3.63) is 59.9 Å². The molecule has 0 N–H and O–H groups in total. The predicted molar refractivity (Wildman–Crippen MR) is 101 cm³/mol. The first kappa shape index (κ1) is 17.5. The van der Waals surface area contributed by atoms with Crippen LogP contribution in [0, 0.1) is 0 Å². The highest BCUT2D eigenvalue weighted by Gasteiger charge is 2.25. The summed E-state index contributed by atoms with van der Waals surface area (Å²) in [7, 11) is 0. The molecule has 0 unspecified atom stereocenters. The largest absolute Gasteiger partial charge is 0.491 e. The monoisotopic (exact) mass is 355 g/mol. The summed E-state index contributed by atoms with van der Waals surface area (Å²) in [6, 6.07) is 11.2. The molecular formula is C19H21N3O2S. The molecule has 1 amide bonds. The van der Waals surface area contributed by atoms with Gasteiger partial charge in [-0.05, 0) is 49.7 Å². The van der Waals surface area contributed by atoms with Crippen LogP contribution in [0.1, 0.15) is 29.8 Å². The number of amidine groups is 1. The van der Waals surface area contributed by atoms with Crippen molar-refractivity contribution in [2.75, 3.05) is 13.1 Å². The van der Waals surface area contributed by atoms with Crippen molar-refractivity contribution >= 4 is 22.8 Å². The topological polar surface area (TPSA) is 54.8 Å². The Hall–Kier alpha value is -2.34. The lowest BCUT2D eigenvalue weighted by molar-refractivity contribution is 0.0860. The van der Waals surface area contributed by atoms with Gasteiger partial charge in [0.25, 0.3) is 5.91 Å². The number of ether oxygens (including phenoxy) is 1. The van der Waals surface area contributed by atoms with Gasteiger partial charge in [-0.1, -0.05) is 17.8 Å². The molecule has 0 saturated carbocycles. The maximum atomic E-state index is 12.8. The minimum Gasteiger partial charge on any atom is -0.491 e. The molecule has 2 heterocycles. The van der Waals surface area contributed by atoms with E-state index in [1.807, 2.05) is 56.4 Å². The molecule has 6 heteroatoms. The number of hydrogen-bond acceptors (Lipinski definition) is 5. The first-order valence-electron chi connectivity index (χ1n) is 8.28.